The third kappa shape index (κ3) is 5.72. The molecule has 0 amide bonds. The smallest absolute Gasteiger partial charge is 0.276 e. The van der Waals surface area contributed by atoms with Gasteiger partial charge in [-0.1, -0.05) is 50.3 Å². The summed E-state index contributed by atoms with van der Waals surface area (Å²) < 4.78 is 7.65. The van der Waals surface area contributed by atoms with Crippen molar-refractivity contribution in [3.05, 3.63) is 109 Å². The Morgan fingerprint density at radius 3 is 2.47 bits per heavy atom. The van der Waals surface area contributed by atoms with Crippen LogP contribution in [0.15, 0.2) is 70.5 Å². The number of nitrogens with one attached hydrogen (secondary N) is 1. The molecule has 7 heteroatoms. The predicted octanol–water partition coefficient (Wildman–Crippen LogP) is 6.29. The van der Waals surface area contributed by atoms with Crippen LogP contribution < -0.4 is 25.8 Å². The highest BCUT2D eigenvalue weighted by atomic mass is 16.5. The Balaban J connectivity index is 1.87. The molecular weight excluding hydrogens is 534 g/mol. The number of rotatable bonds is 9. The Morgan fingerprint density at radius 2 is 1.74 bits per heavy atom. The summed E-state index contributed by atoms with van der Waals surface area (Å²) in [5.74, 6) is 0.714. The van der Waals surface area contributed by atoms with Crippen molar-refractivity contribution in [1.82, 2.24) is 14.6 Å². The minimum absolute atomic E-state index is 0.182. The largest absolute Gasteiger partial charge is 0.493 e. The molecule has 2 heterocycles. The molecule has 0 aliphatic carbocycles. The number of ether oxygens (including phenoxy) is 1. The molecule has 3 aromatic carbocycles. The fourth-order valence-electron chi connectivity index (χ4n) is 5.42. The van der Waals surface area contributed by atoms with Crippen LogP contribution in [0, 0.1) is 31.3 Å². The number of fused-ring (bicyclic) bond motifs is 1. The minimum Gasteiger partial charge on any atom is -0.493 e. The second-order valence-electron chi connectivity index (χ2n) is 10.9. The lowest BCUT2D eigenvalue weighted by molar-refractivity contribution is 0.310. The standard InChI is InChI=1S/C36H41N5O2/c1-8-11-21-43-31-18-13-12-16-29(31)32-26(7)36(42)41-35(38-32)34(33(39-41)28-17-14-15-23(4)25(28)6)37-30-20-19-27(22-24(30)5)40(9-2)10-3/h12-20,22,39H,6,8-11,21H2,1-5,7H3/b33-28-,37-34?. The van der Waals surface area contributed by atoms with Crippen molar-refractivity contribution in [1.29, 1.82) is 0 Å². The molecule has 0 fully saturated rings. The monoisotopic (exact) mass is 575 g/mol. The molecule has 222 valence electrons. The van der Waals surface area contributed by atoms with Crippen molar-refractivity contribution < 1.29 is 4.74 Å². The molecule has 5 rings (SSSR count). The van der Waals surface area contributed by atoms with Gasteiger partial charge in [0.1, 0.15) is 11.1 Å². The number of aryl methyl sites for hydroxylation is 2. The average molecular weight is 576 g/mol. The zero-order chi connectivity index (χ0) is 30.7. The fourth-order valence-corrected chi connectivity index (χ4v) is 5.42. The number of para-hydroxylation sites is 1. The Labute approximate surface area is 252 Å². The van der Waals surface area contributed by atoms with E-state index >= 15 is 0 Å². The highest BCUT2D eigenvalue weighted by Crippen LogP contribution is 2.30. The number of hydrogen-bond acceptors (Lipinski definition) is 5. The molecule has 0 saturated heterocycles. The summed E-state index contributed by atoms with van der Waals surface area (Å²) in [6.07, 6.45) is 1.98. The number of anilines is 1. The van der Waals surface area contributed by atoms with Gasteiger partial charge in [-0.15, -0.1) is 0 Å². The minimum atomic E-state index is -0.182. The first-order valence-corrected chi connectivity index (χ1v) is 15.2. The van der Waals surface area contributed by atoms with Crippen LogP contribution >= 0.6 is 0 Å². The molecule has 0 saturated carbocycles. The van der Waals surface area contributed by atoms with Gasteiger partial charge in [-0.25, -0.2) is 9.98 Å². The lowest BCUT2D eigenvalue weighted by Gasteiger charge is -2.21. The number of aromatic nitrogens is 3. The number of unbranched alkanes of at least 4 members (excludes halogenated alkanes) is 1. The van der Waals surface area contributed by atoms with Gasteiger partial charge in [-0.2, -0.15) is 4.52 Å². The summed E-state index contributed by atoms with van der Waals surface area (Å²) in [4.78, 5) is 26.6. The molecule has 0 aliphatic heterocycles. The Hall–Kier alpha value is -4.65. The Kier molecular flexibility index (Phi) is 8.81. The van der Waals surface area contributed by atoms with E-state index in [0.29, 0.717) is 40.0 Å². The summed E-state index contributed by atoms with van der Waals surface area (Å²) in [5.41, 5.74) is 6.25. The summed E-state index contributed by atoms with van der Waals surface area (Å²) in [5, 5.41) is 6.40. The van der Waals surface area contributed by atoms with Gasteiger partial charge in [0.15, 0.2) is 5.65 Å². The molecular formula is C36H41N5O2. The Morgan fingerprint density at radius 1 is 0.977 bits per heavy atom. The van der Waals surface area contributed by atoms with Gasteiger partial charge >= 0.3 is 0 Å². The lowest BCUT2D eigenvalue weighted by atomic mass is 10.1. The van der Waals surface area contributed by atoms with Crippen LogP contribution in [0.25, 0.3) is 23.5 Å². The molecule has 43 heavy (non-hydrogen) atoms. The van der Waals surface area contributed by atoms with Crippen LogP contribution in [0.4, 0.5) is 11.4 Å². The van der Waals surface area contributed by atoms with Crippen LogP contribution in [-0.4, -0.2) is 34.3 Å². The molecule has 0 radical (unpaired) electrons. The van der Waals surface area contributed by atoms with Crippen molar-refractivity contribution in [2.45, 2.75) is 54.4 Å². The van der Waals surface area contributed by atoms with E-state index in [-0.39, 0.29) is 5.56 Å². The third-order valence-corrected chi connectivity index (χ3v) is 8.10. The van der Waals surface area contributed by atoms with Gasteiger partial charge in [0.05, 0.1) is 23.3 Å². The normalized spacial score (nSPS) is 12.7. The molecule has 0 atom stereocenters. The first-order chi connectivity index (χ1) is 20.8. The van der Waals surface area contributed by atoms with E-state index in [0.717, 1.165) is 64.4 Å². The molecule has 5 aromatic rings. The number of aromatic amines is 1. The molecule has 1 N–H and O–H groups in total. The third-order valence-electron chi connectivity index (χ3n) is 8.10. The van der Waals surface area contributed by atoms with E-state index in [9.17, 15) is 4.79 Å². The summed E-state index contributed by atoms with van der Waals surface area (Å²) in [6, 6.07) is 20.1. The average Bonchev–Trinajstić information content (AvgIpc) is 3.36. The molecule has 0 aliphatic rings. The van der Waals surface area contributed by atoms with Crippen molar-refractivity contribution in [2.75, 3.05) is 24.6 Å². The van der Waals surface area contributed by atoms with Crippen molar-refractivity contribution in [3.63, 3.8) is 0 Å². The first-order valence-electron chi connectivity index (χ1n) is 15.2. The van der Waals surface area contributed by atoms with Gasteiger partial charge in [-0.05, 0) is 87.7 Å². The molecule has 7 nitrogen and oxygen atoms in total. The van der Waals surface area contributed by atoms with Crippen molar-refractivity contribution in [3.8, 4) is 17.0 Å². The van der Waals surface area contributed by atoms with Gasteiger partial charge in [0.2, 0.25) is 0 Å². The van der Waals surface area contributed by atoms with Crippen LogP contribution in [0.3, 0.4) is 0 Å². The second kappa shape index (κ2) is 12.7. The van der Waals surface area contributed by atoms with Gasteiger partial charge < -0.3 is 9.64 Å². The maximum atomic E-state index is 13.9. The van der Waals surface area contributed by atoms with Crippen LogP contribution in [0.2, 0.25) is 0 Å². The molecule has 0 spiro atoms. The van der Waals surface area contributed by atoms with Crippen LogP contribution in [0.5, 0.6) is 5.75 Å². The zero-order valence-electron chi connectivity index (χ0n) is 26.1. The highest BCUT2D eigenvalue weighted by molar-refractivity contribution is 5.71. The first kappa shape index (κ1) is 29.8. The van der Waals surface area contributed by atoms with Crippen LogP contribution in [0.1, 0.15) is 50.3 Å². The number of benzene rings is 3. The van der Waals surface area contributed by atoms with Gasteiger partial charge in [0.25, 0.3) is 5.56 Å². The second-order valence-corrected chi connectivity index (χ2v) is 10.9. The maximum Gasteiger partial charge on any atom is 0.276 e. The molecule has 2 aromatic heterocycles. The number of nitrogens with zero attached hydrogens (tertiary/aromatic N) is 4. The molecule has 0 unspecified atom stereocenters. The highest BCUT2D eigenvalue weighted by Gasteiger charge is 2.18. The van der Waals surface area contributed by atoms with E-state index in [1.807, 2.05) is 62.4 Å². The van der Waals surface area contributed by atoms with E-state index in [2.05, 4.69) is 56.4 Å². The van der Waals surface area contributed by atoms with Gasteiger partial charge in [0, 0.05) is 35.1 Å². The SMILES string of the molecule is C=c1c(C)ccc/c1=c1/[nH]n2c(=O)c(C)c(-c3ccccc3OCCCC)nc2c1=Nc1ccc(N(CC)CC)cc1C. The summed E-state index contributed by atoms with van der Waals surface area (Å²) >= 11 is 0. The summed E-state index contributed by atoms with van der Waals surface area (Å²) in [6.45, 7) is 19.2. The fraction of sp³-hybridized carbons (Fsp3) is 0.306. The predicted molar refractivity (Wildman–Crippen MR) is 176 cm³/mol. The quantitative estimate of drug-likeness (QED) is 0.210. The van der Waals surface area contributed by atoms with E-state index < -0.39 is 0 Å². The number of hydrogen-bond donors (Lipinski definition) is 1. The van der Waals surface area contributed by atoms with Gasteiger partial charge in [-0.3, -0.25) is 9.89 Å². The number of H-pyrrole nitrogens is 1. The zero-order valence-corrected chi connectivity index (χ0v) is 26.1. The summed E-state index contributed by atoms with van der Waals surface area (Å²) in [7, 11) is 0. The topological polar surface area (TPSA) is 75.0 Å². The van der Waals surface area contributed by atoms with Crippen molar-refractivity contribution in [2.24, 2.45) is 4.99 Å². The van der Waals surface area contributed by atoms with E-state index in [4.69, 9.17) is 14.7 Å². The maximum absolute atomic E-state index is 13.9. The van der Waals surface area contributed by atoms with Crippen LogP contribution in [-0.2, 0) is 0 Å². The van der Waals surface area contributed by atoms with E-state index in [1.165, 1.54) is 4.52 Å². The lowest BCUT2D eigenvalue weighted by Crippen LogP contribution is -2.21. The van der Waals surface area contributed by atoms with E-state index in [1.54, 1.807) is 0 Å². The Bertz CT molecular complexity index is 2050. The molecule has 0 bridgehead atoms. The van der Waals surface area contributed by atoms with Crippen molar-refractivity contribution >= 4 is 23.6 Å².